The minimum atomic E-state index is -0.636. The maximum absolute atomic E-state index is 12.2. The molecule has 1 unspecified atom stereocenters. The Balaban J connectivity index is 1.61. The number of benzene rings is 1. The number of nitrogen functional groups attached to an aromatic ring is 1. The molecule has 1 heterocycles. The lowest BCUT2D eigenvalue weighted by Gasteiger charge is -2.23. The normalized spacial score (nSPS) is 16.5. The van der Waals surface area contributed by atoms with Gasteiger partial charge in [-0.15, -0.1) is 11.3 Å². The van der Waals surface area contributed by atoms with Crippen molar-refractivity contribution in [3.63, 3.8) is 0 Å². The Bertz CT molecular complexity index is 695. The third kappa shape index (κ3) is 4.26. The first kappa shape index (κ1) is 16.8. The van der Waals surface area contributed by atoms with Crippen molar-refractivity contribution in [3.8, 4) is 17.0 Å². The van der Waals surface area contributed by atoms with Crippen LogP contribution in [-0.4, -0.2) is 23.2 Å². The van der Waals surface area contributed by atoms with E-state index in [0.717, 1.165) is 36.9 Å². The lowest BCUT2D eigenvalue weighted by molar-refractivity contribution is -0.158. The van der Waals surface area contributed by atoms with Crippen LogP contribution < -0.4 is 10.5 Å². The molecule has 1 atom stereocenters. The van der Waals surface area contributed by atoms with Gasteiger partial charge in [0, 0.05) is 10.9 Å². The molecule has 0 saturated heterocycles. The number of ether oxygens (including phenoxy) is 2. The Hall–Kier alpha value is -2.08. The number of thiazole rings is 1. The van der Waals surface area contributed by atoms with Gasteiger partial charge < -0.3 is 15.2 Å². The van der Waals surface area contributed by atoms with Gasteiger partial charge in [0.05, 0.1) is 5.69 Å². The van der Waals surface area contributed by atoms with Crippen molar-refractivity contribution >= 4 is 22.4 Å². The molecule has 1 aromatic heterocycles. The number of nitrogens with zero attached hydrogens (tertiary/aromatic N) is 1. The molecular formula is C18H22N2O3S. The van der Waals surface area contributed by atoms with E-state index in [1.54, 1.807) is 6.92 Å². The second kappa shape index (κ2) is 7.66. The fraction of sp³-hybridized carbons (Fsp3) is 0.444. The van der Waals surface area contributed by atoms with Gasteiger partial charge in [-0.25, -0.2) is 9.78 Å². The van der Waals surface area contributed by atoms with Crippen molar-refractivity contribution in [1.29, 1.82) is 0 Å². The van der Waals surface area contributed by atoms with Gasteiger partial charge in [-0.05, 0) is 44.7 Å². The molecular weight excluding hydrogens is 324 g/mol. The summed E-state index contributed by atoms with van der Waals surface area (Å²) >= 11 is 1.40. The average Bonchev–Trinajstić information content (AvgIpc) is 3.02. The number of rotatable bonds is 5. The van der Waals surface area contributed by atoms with E-state index in [4.69, 9.17) is 15.2 Å². The van der Waals surface area contributed by atoms with E-state index >= 15 is 0 Å². The first-order valence-electron chi connectivity index (χ1n) is 8.30. The second-order valence-corrected chi connectivity index (χ2v) is 6.95. The van der Waals surface area contributed by atoms with Crippen molar-refractivity contribution in [2.45, 2.75) is 51.2 Å². The van der Waals surface area contributed by atoms with Crippen LogP contribution in [0.2, 0.25) is 0 Å². The lowest BCUT2D eigenvalue weighted by atomic mass is 9.98. The first-order valence-corrected chi connectivity index (χ1v) is 9.18. The smallest absolute Gasteiger partial charge is 0.347 e. The Labute approximate surface area is 145 Å². The van der Waals surface area contributed by atoms with Crippen molar-refractivity contribution in [2.75, 3.05) is 5.73 Å². The molecule has 0 radical (unpaired) electrons. The maximum Gasteiger partial charge on any atom is 0.347 e. The molecule has 0 bridgehead atoms. The van der Waals surface area contributed by atoms with Gasteiger partial charge in [0.25, 0.3) is 0 Å². The molecule has 128 valence electrons. The number of anilines is 1. The van der Waals surface area contributed by atoms with Gasteiger partial charge in [-0.3, -0.25) is 0 Å². The van der Waals surface area contributed by atoms with Gasteiger partial charge in [-0.1, -0.05) is 18.6 Å². The number of hydrogen-bond donors (Lipinski definition) is 1. The van der Waals surface area contributed by atoms with Crippen LogP contribution in [0.15, 0.2) is 29.6 Å². The molecule has 1 fully saturated rings. The predicted molar refractivity (Wildman–Crippen MR) is 95.0 cm³/mol. The molecule has 24 heavy (non-hydrogen) atoms. The predicted octanol–water partition coefficient (Wildman–Crippen LogP) is 4.04. The molecule has 5 nitrogen and oxygen atoms in total. The molecule has 1 aliphatic carbocycles. The van der Waals surface area contributed by atoms with Crippen molar-refractivity contribution < 1.29 is 14.3 Å². The number of carbonyl (C=O) groups excluding carboxylic acids is 1. The van der Waals surface area contributed by atoms with Crippen LogP contribution in [0.3, 0.4) is 0 Å². The highest BCUT2D eigenvalue weighted by Gasteiger charge is 2.23. The molecule has 0 spiro atoms. The van der Waals surface area contributed by atoms with Gasteiger partial charge in [0.15, 0.2) is 11.2 Å². The molecule has 2 N–H and O–H groups in total. The molecule has 6 heteroatoms. The summed E-state index contributed by atoms with van der Waals surface area (Å²) in [4.78, 5) is 16.5. The summed E-state index contributed by atoms with van der Waals surface area (Å²) in [5.41, 5.74) is 7.39. The quantitative estimate of drug-likeness (QED) is 0.827. The maximum atomic E-state index is 12.2. The molecule has 2 aromatic rings. The van der Waals surface area contributed by atoms with E-state index < -0.39 is 6.10 Å². The SMILES string of the molecule is CC(Oc1cccc(-c2csc(N)n2)c1)C(=O)OC1CCCCC1. The zero-order valence-corrected chi connectivity index (χ0v) is 14.6. The van der Waals surface area contributed by atoms with E-state index in [1.165, 1.54) is 17.8 Å². The highest BCUT2D eigenvalue weighted by atomic mass is 32.1. The summed E-state index contributed by atoms with van der Waals surface area (Å²) in [5.74, 6) is 0.317. The minimum Gasteiger partial charge on any atom is -0.479 e. The van der Waals surface area contributed by atoms with E-state index in [0.29, 0.717) is 10.9 Å². The van der Waals surface area contributed by atoms with Crippen molar-refractivity contribution in [1.82, 2.24) is 4.98 Å². The first-order chi connectivity index (χ1) is 11.6. The largest absolute Gasteiger partial charge is 0.479 e. The Morgan fingerprint density at radius 1 is 1.33 bits per heavy atom. The molecule has 1 aromatic carbocycles. The summed E-state index contributed by atoms with van der Waals surface area (Å²) in [6.07, 6.45) is 4.81. The molecule has 0 aliphatic heterocycles. The van der Waals surface area contributed by atoms with Gasteiger partial charge >= 0.3 is 5.97 Å². The van der Waals surface area contributed by atoms with Crippen molar-refractivity contribution in [2.24, 2.45) is 0 Å². The number of aromatic nitrogens is 1. The van der Waals surface area contributed by atoms with Gasteiger partial charge in [-0.2, -0.15) is 0 Å². The summed E-state index contributed by atoms with van der Waals surface area (Å²) in [6, 6.07) is 7.49. The fourth-order valence-electron chi connectivity index (χ4n) is 2.84. The fourth-order valence-corrected chi connectivity index (χ4v) is 3.42. The van der Waals surface area contributed by atoms with Gasteiger partial charge in [0.2, 0.25) is 0 Å². The Morgan fingerprint density at radius 3 is 2.83 bits per heavy atom. The number of esters is 1. The third-order valence-electron chi connectivity index (χ3n) is 4.13. The minimum absolute atomic E-state index is 0.0432. The zero-order valence-electron chi connectivity index (χ0n) is 13.7. The highest BCUT2D eigenvalue weighted by molar-refractivity contribution is 7.13. The van der Waals surface area contributed by atoms with Gasteiger partial charge in [0.1, 0.15) is 11.9 Å². The van der Waals surface area contributed by atoms with Crippen LogP contribution in [0.5, 0.6) is 5.75 Å². The van der Waals surface area contributed by atoms with Crippen LogP contribution in [-0.2, 0) is 9.53 Å². The van der Waals surface area contributed by atoms with E-state index in [-0.39, 0.29) is 12.1 Å². The number of nitrogens with two attached hydrogens (primary N) is 1. The van der Waals surface area contributed by atoms with Crippen LogP contribution in [0.25, 0.3) is 11.3 Å². The highest BCUT2D eigenvalue weighted by Crippen LogP contribution is 2.27. The van der Waals surface area contributed by atoms with Crippen LogP contribution in [0.4, 0.5) is 5.13 Å². The standard InChI is InChI=1S/C18H22N2O3S/c1-12(17(21)23-14-7-3-2-4-8-14)22-15-9-5-6-13(10-15)16-11-24-18(19)20-16/h5-6,9-12,14H,2-4,7-8H2,1H3,(H2,19,20). The molecule has 0 amide bonds. The number of carbonyl (C=O) groups is 1. The van der Waals surface area contributed by atoms with E-state index in [9.17, 15) is 4.79 Å². The second-order valence-electron chi connectivity index (χ2n) is 6.06. The third-order valence-corrected chi connectivity index (χ3v) is 4.81. The summed E-state index contributed by atoms with van der Waals surface area (Å²) in [6.45, 7) is 1.72. The van der Waals surface area contributed by atoms with Crippen LogP contribution >= 0.6 is 11.3 Å². The van der Waals surface area contributed by atoms with Crippen molar-refractivity contribution in [3.05, 3.63) is 29.6 Å². The van der Waals surface area contributed by atoms with E-state index in [2.05, 4.69) is 4.98 Å². The molecule has 1 aliphatic rings. The lowest BCUT2D eigenvalue weighted by Crippen LogP contribution is -2.31. The van der Waals surface area contributed by atoms with Crippen LogP contribution in [0, 0.1) is 0 Å². The summed E-state index contributed by atoms with van der Waals surface area (Å²) in [5, 5.41) is 2.43. The van der Waals surface area contributed by atoms with E-state index in [1.807, 2.05) is 29.6 Å². The Morgan fingerprint density at radius 2 is 2.12 bits per heavy atom. The van der Waals surface area contributed by atoms with Crippen LogP contribution in [0.1, 0.15) is 39.0 Å². The monoisotopic (exact) mass is 346 g/mol. The topological polar surface area (TPSA) is 74.4 Å². The summed E-state index contributed by atoms with van der Waals surface area (Å²) < 4.78 is 11.3. The zero-order chi connectivity index (χ0) is 16.9. The molecule has 1 saturated carbocycles. The Kier molecular flexibility index (Phi) is 5.35. The number of hydrogen-bond acceptors (Lipinski definition) is 6. The molecule has 3 rings (SSSR count). The summed E-state index contributed by atoms with van der Waals surface area (Å²) in [7, 11) is 0. The average molecular weight is 346 g/mol.